The molecule has 29 heavy (non-hydrogen) atoms. The number of piperidine rings is 1. The molecule has 0 amide bonds. The molecular weight excluding hydrogens is 480 g/mol. The normalized spacial score (nSPS) is 21.7. The largest absolute Gasteiger partial charge is 0.306 e. The summed E-state index contributed by atoms with van der Waals surface area (Å²) in [5.41, 5.74) is 3.31. The molecule has 0 N–H and O–H groups in total. The third-order valence-electron chi connectivity index (χ3n) is 6.16. The number of likely N-dealkylation sites (tertiary alicyclic amines) is 1. The van der Waals surface area contributed by atoms with E-state index in [1.54, 1.807) is 18.2 Å². The number of hydrogen-bond donors (Lipinski definition) is 0. The van der Waals surface area contributed by atoms with E-state index in [2.05, 4.69) is 34.5 Å². The third kappa shape index (κ3) is 3.22. The lowest BCUT2D eigenvalue weighted by Gasteiger charge is -2.39. The van der Waals surface area contributed by atoms with Gasteiger partial charge in [-0.15, -0.1) is 0 Å². The summed E-state index contributed by atoms with van der Waals surface area (Å²) in [7, 11) is 2.12. The molecule has 4 nitrogen and oxygen atoms in total. The van der Waals surface area contributed by atoms with Gasteiger partial charge >= 0.3 is 0 Å². The molecule has 0 spiro atoms. The van der Waals surface area contributed by atoms with Crippen LogP contribution in [0, 0.1) is 15.3 Å². The van der Waals surface area contributed by atoms with Crippen LogP contribution in [-0.4, -0.2) is 40.6 Å². The Morgan fingerprint density at radius 1 is 1.14 bits per heavy atom. The lowest BCUT2D eigenvalue weighted by atomic mass is 9.73. The van der Waals surface area contributed by atoms with Crippen LogP contribution in [0.4, 0.5) is 4.39 Å². The molecule has 2 atom stereocenters. The van der Waals surface area contributed by atoms with E-state index in [0.717, 1.165) is 34.5 Å². The average molecular weight is 501 g/mol. The van der Waals surface area contributed by atoms with E-state index in [1.165, 1.54) is 6.07 Å². The number of hydrogen-bond acceptors (Lipinski definition) is 3. The first-order chi connectivity index (χ1) is 14.0. The molecule has 0 radical (unpaired) electrons. The Morgan fingerprint density at radius 2 is 1.90 bits per heavy atom. The van der Waals surface area contributed by atoms with E-state index in [-0.39, 0.29) is 17.5 Å². The topological polar surface area (TPSA) is 38.1 Å². The Balaban J connectivity index is 1.77. The standard InChI is InChI=1S/C23H21FIN3O/c1-27-11-10-14-12-20(29)21-22(17-4-2-3-5-19(17)24)26-28(23(21)18(14)13-27)16-8-6-15(25)7-9-16/h2-9,14,18H,10-13H2,1H3. The fourth-order valence-electron chi connectivity index (χ4n) is 4.73. The summed E-state index contributed by atoms with van der Waals surface area (Å²) in [5, 5.41) is 4.82. The van der Waals surface area contributed by atoms with Crippen molar-refractivity contribution in [1.82, 2.24) is 14.7 Å². The monoisotopic (exact) mass is 501 g/mol. The molecular formula is C23H21FIN3O. The Bertz CT molecular complexity index is 1090. The van der Waals surface area contributed by atoms with Gasteiger partial charge in [0, 0.05) is 28.0 Å². The second kappa shape index (κ2) is 7.32. The van der Waals surface area contributed by atoms with Crippen molar-refractivity contribution in [1.29, 1.82) is 0 Å². The highest BCUT2D eigenvalue weighted by Gasteiger charge is 2.42. The lowest BCUT2D eigenvalue weighted by Crippen LogP contribution is -2.41. The molecule has 1 aliphatic heterocycles. The van der Waals surface area contributed by atoms with Crippen LogP contribution in [-0.2, 0) is 0 Å². The third-order valence-corrected chi connectivity index (χ3v) is 6.88. The number of benzene rings is 2. The van der Waals surface area contributed by atoms with Gasteiger partial charge in [-0.3, -0.25) is 4.79 Å². The SMILES string of the molecule is CN1CCC2CC(=O)c3c(-c4ccccc4F)nn(-c4ccc(I)cc4)c3C2C1. The van der Waals surface area contributed by atoms with Crippen molar-refractivity contribution in [2.45, 2.75) is 18.8 Å². The molecule has 3 aromatic rings. The number of likely N-dealkylation sites (N-methyl/N-ethyl adjacent to an activating group) is 1. The van der Waals surface area contributed by atoms with Gasteiger partial charge < -0.3 is 4.90 Å². The van der Waals surface area contributed by atoms with E-state index in [0.29, 0.717) is 29.2 Å². The van der Waals surface area contributed by atoms with Gasteiger partial charge in [0.25, 0.3) is 0 Å². The summed E-state index contributed by atoms with van der Waals surface area (Å²) in [6, 6.07) is 14.7. The van der Waals surface area contributed by atoms with Gasteiger partial charge in [0.15, 0.2) is 5.78 Å². The summed E-state index contributed by atoms with van der Waals surface area (Å²) in [6.07, 6.45) is 1.52. The first-order valence-corrected chi connectivity index (χ1v) is 11.0. The first kappa shape index (κ1) is 18.9. The van der Waals surface area contributed by atoms with Gasteiger partial charge in [-0.25, -0.2) is 9.07 Å². The molecule has 1 saturated heterocycles. The highest BCUT2D eigenvalue weighted by molar-refractivity contribution is 14.1. The zero-order chi connectivity index (χ0) is 20.1. The molecule has 1 aliphatic carbocycles. The molecule has 2 aromatic carbocycles. The predicted octanol–water partition coefficient (Wildman–Crippen LogP) is 4.90. The van der Waals surface area contributed by atoms with E-state index in [9.17, 15) is 9.18 Å². The van der Waals surface area contributed by atoms with Gasteiger partial charge in [0.05, 0.1) is 16.9 Å². The molecule has 2 heterocycles. The Labute approximate surface area is 182 Å². The van der Waals surface area contributed by atoms with Crippen molar-refractivity contribution < 1.29 is 9.18 Å². The minimum Gasteiger partial charge on any atom is -0.306 e. The zero-order valence-corrected chi connectivity index (χ0v) is 18.3. The Hall–Kier alpha value is -2.06. The van der Waals surface area contributed by atoms with Crippen LogP contribution < -0.4 is 0 Å². The maximum atomic E-state index is 14.7. The Kier molecular flexibility index (Phi) is 4.78. The van der Waals surface area contributed by atoms with Crippen molar-refractivity contribution in [3.05, 3.63) is 69.2 Å². The lowest BCUT2D eigenvalue weighted by molar-refractivity contribution is 0.0884. The maximum absolute atomic E-state index is 14.7. The fraction of sp³-hybridized carbons (Fsp3) is 0.304. The minimum atomic E-state index is -0.349. The number of carbonyl (C=O) groups is 1. The molecule has 1 fully saturated rings. The van der Waals surface area contributed by atoms with E-state index in [1.807, 2.05) is 28.9 Å². The van der Waals surface area contributed by atoms with Gasteiger partial charge in [0.1, 0.15) is 11.5 Å². The van der Waals surface area contributed by atoms with Crippen LogP contribution in [0.3, 0.4) is 0 Å². The second-order valence-corrected chi connectivity index (χ2v) is 9.27. The molecule has 0 bridgehead atoms. The Morgan fingerprint density at radius 3 is 2.66 bits per heavy atom. The summed E-state index contributed by atoms with van der Waals surface area (Å²) in [6.45, 7) is 1.89. The fourth-order valence-corrected chi connectivity index (χ4v) is 5.09. The zero-order valence-electron chi connectivity index (χ0n) is 16.1. The van der Waals surface area contributed by atoms with Gasteiger partial charge in [-0.1, -0.05) is 12.1 Å². The maximum Gasteiger partial charge on any atom is 0.167 e. The van der Waals surface area contributed by atoms with Crippen molar-refractivity contribution in [3.63, 3.8) is 0 Å². The van der Waals surface area contributed by atoms with Gasteiger partial charge in [0.2, 0.25) is 0 Å². The van der Waals surface area contributed by atoms with Gasteiger partial charge in [-0.05, 0) is 84.9 Å². The highest BCUT2D eigenvalue weighted by Crippen LogP contribution is 2.45. The second-order valence-electron chi connectivity index (χ2n) is 8.02. The number of ketones is 1. The summed E-state index contributed by atoms with van der Waals surface area (Å²) in [5.74, 6) is 0.270. The van der Waals surface area contributed by atoms with Crippen LogP contribution in [0.1, 0.15) is 34.8 Å². The number of Topliss-reactive ketones (excluding diaryl/α,β-unsaturated/α-hetero) is 1. The predicted molar refractivity (Wildman–Crippen MR) is 119 cm³/mol. The summed E-state index contributed by atoms with van der Waals surface area (Å²) >= 11 is 2.27. The van der Waals surface area contributed by atoms with Crippen molar-refractivity contribution >= 4 is 28.4 Å². The molecule has 5 rings (SSSR count). The first-order valence-electron chi connectivity index (χ1n) is 9.88. The van der Waals surface area contributed by atoms with Crippen molar-refractivity contribution in [2.75, 3.05) is 20.1 Å². The molecule has 148 valence electrons. The van der Waals surface area contributed by atoms with Crippen LogP contribution >= 0.6 is 22.6 Å². The van der Waals surface area contributed by atoms with Gasteiger partial charge in [-0.2, -0.15) is 5.10 Å². The van der Waals surface area contributed by atoms with Crippen molar-refractivity contribution in [2.24, 2.45) is 5.92 Å². The van der Waals surface area contributed by atoms with Crippen LogP contribution in [0.2, 0.25) is 0 Å². The number of aromatic nitrogens is 2. The number of carbonyl (C=O) groups excluding carboxylic acids is 1. The molecule has 1 aromatic heterocycles. The van der Waals surface area contributed by atoms with E-state index >= 15 is 0 Å². The van der Waals surface area contributed by atoms with Crippen LogP contribution in [0.5, 0.6) is 0 Å². The molecule has 2 aliphatic rings. The molecule has 2 unspecified atom stereocenters. The molecule has 6 heteroatoms. The summed E-state index contributed by atoms with van der Waals surface area (Å²) in [4.78, 5) is 15.5. The smallest absolute Gasteiger partial charge is 0.167 e. The van der Waals surface area contributed by atoms with Crippen LogP contribution in [0.25, 0.3) is 16.9 Å². The van der Waals surface area contributed by atoms with Crippen molar-refractivity contribution in [3.8, 4) is 16.9 Å². The van der Waals surface area contributed by atoms with E-state index in [4.69, 9.17) is 5.10 Å². The number of nitrogens with zero attached hydrogens (tertiary/aromatic N) is 3. The van der Waals surface area contributed by atoms with E-state index < -0.39 is 0 Å². The summed E-state index contributed by atoms with van der Waals surface area (Å²) < 4.78 is 17.7. The number of halogens is 2. The number of rotatable bonds is 2. The minimum absolute atomic E-state index is 0.0841. The van der Waals surface area contributed by atoms with Crippen LogP contribution in [0.15, 0.2) is 48.5 Å². The average Bonchev–Trinajstić information content (AvgIpc) is 3.11. The number of fused-ring (bicyclic) bond motifs is 3. The highest BCUT2D eigenvalue weighted by atomic mass is 127. The molecule has 0 saturated carbocycles. The quantitative estimate of drug-likeness (QED) is 0.469.